The highest BCUT2D eigenvalue weighted by Gasteiger charge is 2.29. The summed E-state index contributed by atoms with van der Waals surface area (Å²) in [7, 11) is -9.80. The van der Waals surface area contributed by atoms with E-state index in [0.29, 0.717) is 19.3 Å². The van der Waals surface area contributed by atoms with E-state index in [1.165, 1.54) is 173 Å². The van der Waals surface area contributed by atoms with Crippen molar-refractivity contribution in [1.29, 1.82) is 0 Å². The second kappa shape index (κ2) is 85.1. The van der Waals surface area contributed by atoms with Crippen LogP contribution in [0.2, 0.25) is 0 Å². The molecule has 0 aliphatic heterocycles. The molecule has 0 amide bonds. The molecule has 4 N–H and O–H groups in total. The molecule has 0 aliphatic rings. The van der Waals surface area contributed by atoms with Crippen LogP contribution < -0.4 is 0 Å². The van der Waals surface area contributed by atoms with Crippen LogP contribution in [0.3, 0.4) is 0 Å². The van der Waals surface area contributed by atoms with Crippen molar-refractivity contribution in [2.45, 2.75) is 399 Å². The van der Waals surface area contributed by atoms with E-state index in [1.54, 1.807) is 0 Å². The Labute approximate surface area is 677 Å². The zero-order chi connectivity index (χ0) is 80.8. The molecule has 0 spiro atoms. The highest BCUT2D eigenvalue weighted by Crippen LogP contribution is 2.45. The lowest BCUT2D eigenvalue weighted by molar-refractivity contribution is -0.161. The van der Waals surface area contributed by atoms with Gasteiger partial charge < -0.3 is 34.2 Å². The molecule has 5 unspecified atom stereocenters. The van der Waals surface area contributed by atoms with Gasteiger partial charge in [-0.1, -0.05) is 353 Å². The van der Waals surface area contributed by atoms with E-state index in [9.17, 15) is 43.5 Å². The second-order valence-electron chi connectivity index (χ2n) is 29.7. The third-order valence-electron chi connectivity index (χ3n) is 18.8. The largest absolute Gasteiger partial charge is 0.472 e. The molecular weight excluding hydrogens is 1430 g/mol. The van der Waals surface area contributed by atoms with Crippen molar-refractivity contribution in [2.24, 2.45) is 0 Å². The molecule has 0 aromatic carbocycles. The van der Waals surface area contributed by atoms with Crippen LogP contribution in [0.15, 0.2) is 134 Å². The summed E-state index contributed by atoms with van der Waals surface area (Å²) in [6.45, 7) is 2.53. The Morgan fingerprint density at radius 3 is 0.757 bits per heavy atom. The van der Waals surface area contributed by atoms with E-state index >= 15 is 0 Å². The van der Waals surface area contributed by atoms with Crippen molar-refractivity contribution in [1.82, 2.24) is 0 Å². The lowest BCUT2D eigenvalue weighted by Crippen LogP contribution is -2.30. The SMILES string of the molecule is CC/C=C\C/C=C\C/C=C\C/C=C\C/C=C\CCCCCCCCCCCCCCCCCCCCCC(=O)OCC(O)COP(=O)(O)OCC(O)COP(=O)(O)OCC(COC(=O)CCCCCCCCCCC/C=C\C/C=C\C/C=C\C/C=C\CCCCC)OC(=O)CCCCCCC/C=C\C/C=C\CCCCC. The number of rotatable bonds is 84. The Morgan fingerprint density at radius 2 is 0.477 bits per heavy atom. The maximum absolute atomic E-state index is 13.0. The summed E-state index contributed by atoms with van der Waals surface area (Å²) in [6, 6.07) is 0. The van der Waals surface area contributed by atoms with E-state index < -0.39 is 91.5 Å². The molecule has 0 aliphatic carbocycles. The molecule has 0 fully saturated rings. The summed E-state index contributed by atoms with van der Waals surface area (Å²) in [5.74, 6) is -1.59. The van der Waals surface area contributed by atoms with Gasteiger partial charge in [-0.25, -0.2) is 9.13 Å². The minimum Gasteiger partial charge on any atom is -0.463 e. The lowest BCUT2D eigenvalue weighted by atomic mass is 10.0. The molecule has 16 nitrogen and oxygen atoms in total. The Hall–Kier alpha value is -4.31. The normalized spacial score (nSPS) is 14.5. The van der Waals surface area contributed by atoms with Crippen LogP contribution in [-0.2, 0) is 55.8 Å². The lowest BCUT2D eigenvalue weighted by Gasteiger charge is -2.21. The van der Waals surface area contributed by atoms with E-state index in [2.05, 4.69) is 154 Å². The van der Waals surface area contributed by atoms with Gasteiger partial charge in [0.2, 0.25) is 0 Å². The Balaban J connectivity index is 4.43. The number of hydrogen-bond acceptors (Lipinski definition) is 14. The van der Waals surface area contributed by atoms with Crippen LogP contribution in [0.25, 0.3) is 0 Å². The van der Waals surface area contributed by atoms with Crippen molar-refractivity contribution < 1.29 is 75.8 Å². The van der Waals surface area contributed by atoms with Crippen molar-refractivity contribution in [3.63, 3.8) is 0 Å². The summed E-state index contributed by atoms with van der Waals surface area (Å²) in [6.07, 6.45) is 105. The Kier molecular flexibility index (Phi) is 81.8. The number of ether oxygens (including phenoxy) is 3. The number of aliphatic hydroxyl groups is 2. The van der Waals surface area contributed by atoms with Crippen LogP contribution in [0.5, 0.6) is 0 Å². The molecule has 0 radical (unpaired) electrons. The van der Waals surface area contributed by atoms with Gasteiger partial charge in [-0.2, -0.15) is 0 Å². The predicted octanol–water partition coefficient (Wildman–Crippen LogP) is 27.0. The maximum Gasteiger partial charge on any atom is 0.472 e. The van der Waals surface area contributed by atoms with E-state index in [1.807, 2.05) is 0 Å². The van der Waals surface area contributed by atoms with Gasteiger partial charge in [0.25, 0.3) is 0 Å². The van der Waals surface area contributed by atoms with Gasteiger partial charge in [0.1, 0.15) is 25.4 Å². The van der Waals surface area contributed by atoms with Crippen molar-refractivity contribution in [2.75, 3.05) is 39.6 Å². The minimum absolute atomic E-state index is 0.0862. The van der Waals surface area contributed by atoms with E-state index in [4.69, 9.17) is 32.3 Å². The second-order valence-corrected chi connectivity index (χ2v) is 32.6. The number of unbranched alkanes of at least 4 members (excludes halogenated alkanes) is 39. The first kappa shape index (κ1) is 107. The highest BCUT2D eigenvalue weighted by atomic mass is 31.2. The molecule has 111 heavy (non-hydrogen) atoms. The summed E-state index contributed by atoms with van der Waals surface area (Å²) in [5, 5.41) is 20.7. The van der Waals surface area contributed by atoms with Gasteiger partial charge in [-0.15, -0.1) is 0 Å². The van der Waals surface area contributed by atoms with E-state index in [-0.39, 0.29) is 19.3 Å². The first-order valence-electron chi connectivity index (χ1n) is 44.5. The van der Waals surface area contributed by atoms with E-state index in [0.717, 1.165) is 148 Å². The number of phosphoric ester groups is 2. The zero-order valence-electron chi connectivity index (χ0n) is 70.4. The zero-order valence-corrected chi connectivity index (χ0v) is 72.1. The standard InChI is InChI=1S/C93H162O16P2/c1-4-7-10-13-16-19-22-25-28-30-32-34-36-38-39-40-41-42-43-44-45-46-47-49-51-52-54-56-59-61-64-67-70-73-76-79-91(96)103-82-88(94)83-105-110(99,100)106-84-89(95)85-107-111(101,102)108-87-90(109-93(98)81-78-75-72-69-66-63-58-27-24-21-18-15-12-9-6-3)86-104-92(97)80-77-74-71-68-65-62-60-57-55-53-50-48-37-35-33-31-29-26-23-20-17-14-11-8-5-2/h7,10,16-21,25-29,32-35,38-39,48,50,58,88-90,94-95H,4-6,8-9,11-15,22-24,30-31,36-37,40-47,49,51-57,59-87H2,1-3H3,(H,99,100)(H,101,102)/b10-7-,19-16-,20-17-,21-18-,28-25-,29-26-,34-32-,35-33-,39-38-,50-48-,58-27-. The third kappa shape index (κ3) is 86.4. The predicted molar refractivity (Wildman–Crippen MR) is 463 cm³/mol. The van der Waals surface area contributed by atoms with Gasteiger partial charge in [0.05, 0.1) is 26.4 Å². The highest BCUT2D eigenvalue weighted by molar-refractivity contribution is 7.47. The number of esters is 3. The average Bonchev–Trinajstić information content (AvgIpc) is 0.901. The van der Waals surface area contributed by atoms with Crippen molar-refractivity contribution in [3.8, 4) is 0 Å². The minimum atomic E-state index is -4.94. The van der Waals surface area contributed by atoms with Crippen molar-refractivity contribution >= 4 is 33.6 Å². The van der Waals surface area contributed by atoms with Crippen LogP contribution >= 0.6 is 15.6 Å². The molecule has 0 bridgehead atoms. The molecule has 0 rings (SSSR count). The first-order chi connectivity index (χ1) is 54.2. The maximum atomic E-state index is 13.0. The molecule has 0 saturated carbocycles. The summed E-state index contributed by atoms with van der Waals surface area (Å²) in [5.41, 5.74) is 0. The number of carbonyl (C=O) groups is 3. The van der Waals surface area contributed by atoms with Gasteiger partial charge in [-0.3, -0.25) is 32.5 Å². The number of hydrogen-bond donors (Lipinski definition) is 4. The fourth-order valence-electron chi connectivity index (χ4n) is 12.1. The fraction of sp³-hybridized carbons (Fsp3) is 0.731. The molecular formula is C93H162O16P2. The third-order valence-corrected chi connectivity index (χ3v) is 20.7. The molecule has 0 heterocycles. The van der Waals surface area contributed by atoms with Crippen molar-refractivity contribution in [3.05, 3.63) is 134 Å². The fourth-order valence-corrected chi connectivity index (χ4v) is 13.7. The number of carbonyl (C=O) groups excluding carboxylic acids is 3. The average molecular weight is 1600 g/mol. The van der Waals surface area contributed by atoms with Gasteiger partial charge in [0, 0.05) is 19.3 Å². The van der Waals surface area contributed by atoms with Crippen LogP contribution in [0, 0.1) is 0 Å². The number of aliphatic hydroxyl groups excluding tert-OH is 2. The Bertz CT molecular complexity index is 2550. The molecule has 0 aromatic rings. The van der Waals surface area contributed by atoms with Gasteiger partial charge >= 0.3 is 33.6 Å². The smallest absolute Gasteiger partial charge is 0.463 e. The summed E-state index contributed by atoms with van der Waals surface area (Å²) < 4.78 is 61.3. The van der Waals surface area contributed by atoms with Crippen LogP contribution in [0.1, 0.15) is 380 Å². The van der Waals surface area contributed by atoms with Crippen LogP contribution in [-0.4, -0.2) is 95.9 Å². The molecule has 0 saturated heterocycles. The quantitative estimate of drug-likeness (QED) is 0.0146. The van der Waals surface area contributed by atoms with Gasteiger partial charge in [0.15, 0.2) is 6.10 Å². The Morgan fingerprint density at radius 1 is 0.261 bits per heavy atom. The molecule has 0 aromatic heterocycles. The van der Waals surface area contributed by atoms with Gasteiger partial charge in [-0.05, 0) is 141 Å². The monoisotopic (exact) mass is 1600 g/mol. The number of phosphoric acid groups is 2. The van der Waals surface area contributed by atoms with Crippen LogP contribution in [0.4, 0.5) is 0 Å². The molecule has 18 heteroatoms. The molecule has 5 atom stereocenters. The number of allylic oxidation sites excluding steroid dienone is 22. The summed E-state index contributed by atoms with van der Waals surface area (Å²) >= 11 is 0. The molecule has 640 valence electrons. The topological polar surface area (TPSA) is 231 Å². The first-order valence-corrected chi connectivity index (χ1v) is 47.5. The summed E-state index contributed by atoms with van der Waals surface area (Å²) in [4.78, 5) is 58.8.